The Bertz CT molecular complexity index is 1600. The van der Waals surface area contributed by atoms with Crippen LogP contribution < -0.4 is 5.32 Å². The summed E-state index contributed by atoms with van der Waals surface area (Å²) in [6.45, 7) is -2.76. The minimum Gasteiger partial charge on any atom is -0.479 e. The van der Waals surface area contributed by atoms with E-state index in [9.17, 15) is 94.1 Å². The van der Waals surface area contributed by atoms with Crippen LogP contribution in [-0.2, 0) is 66.8 Å². The van der Waals surface area contributed by atoms with Crippen LogP contribution in [0.15, 0.2) is 0 Å². The van der Waals surface area contributed by atoms with Crippen molar-refractivity contribution in [2.24, 2.45) is 0 Å². The number of hydrogen-bond donors (Lipinski definition) is 16. The molecule has 16 N–H and O–H groups in total. The third-order valence-electron chi connectivity index (χ3n) is 10.5. The van der Waals surface area contributed by atoms with E-state index in [0.717, 1.165) is 6.92 Å². The van der Waals surface area contributed by atoms with Crippen LogP contribution in [0.5, 0.6) is 0 Å². The second-order valence-electron chi connectivity index (χ2n) is 14.8. The molecule has 0 aromatic heterocycles. The number of rotatable bonds is 15. The molecule has 5 aliphatic rings. The number of aliphatic hydroxyl groups excluding tert-OH is 13. The van der Waals surface area contributed by atoms with E-state index in [0.29, 0.717) is 0 Å². The molecule has 0 saturated carbocycles. The first-order chi connectivity index (χ1) is 29.0. The Hall–Kier alpha value is -2.07. The molecule has 30 nitrogen and oxygen atoms in total. The molecule has 0 unspecified atom stereocenters. The number of aliphatic hydroxyl groups is 13. The van der Waals surface area contributed by atoms with Crippen molar-refractivity contribution in [1.29, 1.82) is 0 Å². The molecule has 5 saturated heterocycles. The number of aliphatic carboxylic acids is 1. The lowest BCUT2D eigenvalue weighted by molar-refractivity contribution is -0.388. The summed E-state index contributed by atoms with van der Waals surface area (Å²) in [5, 5.41) is 150. The van der Waals surface area contributed by atoms with Crippen LogP contribution in [0.25, 0.3) is 0 Å². The Kier molecular flexibility index (Phi) is 17.3. The summed E-state index contributed by atoms with van der Waals surface area (Å²) in [5.74, 6) is -2.86. The van der Waals surface area contributed by atoms with E-state index in [1.54, 1.807) is 0 Å². The van der Waals surface area contributed by atoms with Gasteiger partial charge in [0.1, 0.15) is 110 Å². The molecule has 1 amide bonds. The number of carbonyl (C=O) groups is 2. The molecule has 0 aromatic carbocycles. The van der Waals surface area contributed by atoms with Crippen molar-refractivity contribution in [3.05, 3.63) is 0 Å². The van der Waals surface area contributed by atoms with Crippen LogP contribution in [0, 0.1) is 0 Å². The van der Waals surface area contributed by atoms with Gasteiger partial charge in [0.05, 0.1) is 26.4 Å². The second-order valence-corrected chi connectivity index (χ2v) is 15.8. The van der Waals surface area contributed by atoms with Gasteiger partial charge in [0.15, 0.2) is 37.6 Å². The summed E-state index contributed by atoms with van der Waals surface area (Å²) >= 11 is 0. The fourth-order valence-corrected chi connectivity index (χ4v) is 7.84. The highest BCUT2D eigenvalue weighted by atomic mass is 32.3. The van der Waals surface area contributed by atoms with Gasteiger partial charge in [-0.25, -0.2) is 8.98 Å². The summed E-state index contributed by atoms with van der Waals surface area (Å²) in [5.41, 5.74) is 0. The average Bonchev–Trinajstić information content (AvgIpc) is 3.20. The molecular weight excluding hydrogens is 882 g/mol. The van der Waals surface area contributed by atoms with Crippen LogP contribution in [0.2, 0.25) is 0 Å². The van der Waals surface area contributed by atoms with Crippen molar-refractivity contribution in [2.45, 2.75) is 154 Å². The number of amides is 1. The summed E-state index contributed by atoms with van der Waals surface area (Å²) in [6.07, 6.45) is -46.7. The average molecular weight is 934 g/mol. The van der Waals surface area contributed by atoms with Gasteiger partial charge >= 0.3 is 16.4 Å². The first kappa shape index (κ1) is 50.9. The number of carbonyl (C=O) groups excluding carboxylic acids is 1. The molecule has 0 spiro atoms. The van der Waals surface area contributed by atoms with E-state index in [-0.39, 0.29) is 0 Å². The first-order valence-corrected chi connectivity index (χ1v) is 20.0. The number of nitrogens with one attached hydrogen (secondary N) is 1. The zero-order chi connectivity index (χ0) is 46.1. The zero-order valence-electron chi connectivity index (χ0n) is 32.0. The topological polar surface area (TPSA) is 476 Å². The maximum atomic E-state index is 12.5. The number of hydrogen-bond acceptors (Lipinski definition) is 27. The molecular formula is C31H51NO29S. The van der Waals surface area contributed by atoms with Crippen LogP contribution in [0.1, 0.15) is 6.92 Å². The van der Waals surface area contributed by atoms with Crippen molar-refractivity contribution >= 4 is 22.3 Å². The van der Waals surface area contributed by atoms with Gasteiger partial charge in [-0.2, -0.15) is 8.42 Å². The molecule has 360 valence electrons. The maximum absolute atomic E-state index is 12.5. The van der Waals surface area contributed by atoms with Crippen molar-refractivity contribution in [1.82, 2.24) is 5.32 Å². The van der Waals surface area contributed by atoms with Crippen LogP contribution >= 0.6 is 0 Å². The normalized spacial score (nSPS) is 48.0. The molecule has 5 fully saturated rings. The van der Waals surface area contributed by atoms with Crippen LogP contribution in [0.3, 0.4) is 0 Å². The highest BCUT2D eigenvalue weighted by molar-refractivity contribution is 7.80. The monoisotopic (exact) mass is 933 g/mol. The van der Waals surface area contributed by atoms with Crippen molar-refractivity contribution in [3.63, 3.8) is 0 Å². The zero-order valence-corrected chi connectivity index (χ0v) is 32.8. The lowest BCUT2D eigenvalue weighted by Crippen LogP contribution is -2.69. The largest absolute Gasteiger partial charge is 0.479 e. The quantitative estimate of drug-likeness (QED) is 0.0678. The standard InChI is InChI=1S/C31H51NO29S/c1-6(36)32-11-15(40)21(61-62(49,50)51)9(4-35)55-28(11)59-24-16(41)18(43)29(60-25(24)26(46)47)57-23-14(39)8(3-34)54-31(20(23)45)58-22-13(38)7(2-33)53-30(19(22)44)56-10-5-52-27(48)17(42)12(10)37/h7-25,27-31,33-35,37-45,48H,2-5H2,1H3,(H,32,36)(H,46,47)(H,49,50,51)/t7-,8-,9-,10-,11-,12+,13+,14+,15-,16-,17-,18-,19-,20-,21+,22+,23+,24+,25+,27-,28+,29-,30+,31+/m1/s1. The van der Waals surface area contributed by atoms with Crippen LogP contribution in [-0.4, -0.2) is 270 Å². The molecule has 0 aromatic rings. The van der Waals surface area contributed by atoms with Gasteiger partial charge in [0, 0.05) is 6.92 Å². The molecule has 0 bridgehead atoms. The first-order valence-electron chi connectivity index (χ1n) is 18.7. The minimum atomic E-state index is -5.32. The fourth-order valence-electron chi connectivity index (χ4n) is 7.32. The van der Waals surface area contributed by atoms with E-state index in [2.05, 4.69) is 9.50 Å². The maximum Gasteiger partial charge on any atom is 0.397 e. The van der Waals surface area contributed by atoms with Gasteiger partial charge < -0.3 is 119 Å². The highest BCUT2D eigenvalue weighted by Gasteiger charge is 2.57. The van der Waals surface area contributed by atoms with Crippen molar-refractivity contribution in [2.75, 3.05) is 26.4 Å². The van der Waals surface area contributed by atoms with Crippen molar-refractivity contribution in [3.8, 4) is 0 Å². The summed E-state index contributed by atoms with van der Waals surface area (Å²) in [7, 11) is -5.32. The molecule has 0 aliphatic carbocycles. The van der Waals surface area contributed by atoms with Gasteiger partial charge in [-0.15, -0.1) is 0 Å². The Balaban J connectivity index is 1.33. The Morgan fingerprint density at radius 2 is 1.06 bits per heavy atom. The molecule has 24 atom stereocenters. The Morgan fingerprint density at radius 1 is 0.581 bits per heavy atom. The predicted molar refractivity (Wildman–Crippen MR) is 183 cm³/mol. The minimum absolute atomic E-state index is 0.544. The SMILES string of the molecule is CC(=O)N[C@H]1[C@H](O[C@H]2[C@H](O)[C@@H](O)[C@H](O[C@H]3[C@@H](O)[C@@H](CO)O[C@@H](O[C@H]4[C@@H](O)[C@@H](CO)O[C@@H](O[C@@H]5CO[C@@H](O)[C@H](O)[C@H]5O)[C@@H]4O)[C@@H]3O)O[C@@H]2C(=O)O)O[C@H](CO)[C@H](OS(=O)(=O)O)[C@@H]1O. The Morgan fingerprint density at radius 3 is 1.55 bits per heavy atom. The van der Waals surface area contributed by atoms with Gasteiger partial charge in [-0.05, 0) is 0 Å². The molecule has 0 radical (unpaired) electrons. The lowest BCUT2D eigenvalue weighted by atomic mass is 9.94. The number of carboxylic acid groups (broad SMARTS) is 1. The van der Waals surface area contributed by atoms with Gasteiger partial charge in [0.2, 0.25) is 5.91 Å². The van der Waals surface area contributed by atoms with Gasteiger partial charge in [-0.3, -0.25) is 9.35 Å². The predicted octanol–water partition coefficient (Wildman–Crippen LogP) is -11.2. The third kappa shape index (κ3) is 11.1. The molecule has 5 rings (SSSR count). The molecule has 5 heterocycles. The van der Waals surface area contributed by atoms with E-state index in [4.69, 9.17) is 42.6 Å². The van der Waals surface area contributed by atoms with Gasteiger partial charge in [-0.1, -0.05) is 0 Å². The Labute approximate surface area is 349 Å². The molecule has 62 heavy (non-hydrogen) atoms. The summed E-state index contributed by atoms with van der Waals surface area (Å²) in [4.78, 5) is 24.5. The molecule has 5 aliphatic heterocycles. The number of ether oxygens (including phenoxy) is 9. The fraction of sp³-hybridized carbons (Fsp3) is 0.935. The van der Waals surface area contributed by atoms with E-state index >= 15 is 0 Å². The van der Waals surface area contributed by atoms with E-state index < -0.39 is 196 Å². The van der Waals surface area contributed by atoms with E-state index in [1.807, 2.05) is 0 Å². The van der Waals surface area contributed by atoms with E-state index in [1.165, 1.54) is 0 Å². The summed E-state index contributed by atoms with van der Waals surface area (Å²) in [6, 6.07) is -1.88. The number of carboxylic acids is 1. The molecule has 31 heteroatoms. The summed E-state index contributed by atoms with van der Waals surface area (Å²) < 4.78 is 85.2. The van der Waals surface area contributed by atoms with Gasteiger partial charge in [0.25, 0.3) is 0 Å². The lowest BCUT2D eigenvalue weighted by Gasteiger charge is -2.49. The van der Waals surface area contributed by atoms with Crippen molar-refractivity contribution < 1.29 is 141 Å². The smallest absolute Gasteiger partial charge is 0.397 e. The second kappa shape index (κ2) is 21.0. The third-order valence-corrected chi connectivity index (χ3v) is 11.0. The highest BCUT2D eigenvalue weighted by Crippen LogP contribution is 2.35. The van der Waals surface area contributed by atoms with Crippen LogP contribution in [0.4, 0.5) is 0 Å².